The fourth-order valence-electron chi connectivity index (χ4n) is 4.12. The Morgan fingerprint density at radius 3 is 2.55 bits per heavy atom. The van der Waals surface area contributed by atoms with Gasteiger partial charge in [0, 0.05) is 30.6 Å². The predicted molar refractivity (Wildman–Crippen MR) is 112 cm³/mol. The van der Waals surface area contributed by atoms with Crippen molar-refractivity contribution >= 4 is 16.8 Å². The maximum absolute atomic E-state index is 13.0. The summed E-state index contributed by atoms with van der Waals surface area (Å²) < 4.78 is 13.0. The first-order valence-electron chi connectivity index (χ1n) is 10.2. The van der Waals surface area contributed by atoms with Crippen LogP contribution in [0, 0.1) is 11.7 Å². The lowest BCUT2D eigenvalue weighted by Crippen LogP contribution is -2.39. The van der Waals surface area contributed by atoms with Crippen LogP contribution in [0.2, 0.25) is 0 Å². The molecule has 2 aromatic carbocycles. The summed E-state index contributed by atoms with van der Waals surface area (Å²) in [5.41, 5.74) is 2.50. The molecule has 1 aromatic heterocycles. The van der Waals surface area contributed by atoms with Crippen LogP contribution in [0.5, 0.6) is 0 Å². The summed E-state index contributed by atoms with van der Waals surface area (Å²) in [6, 6.07) is 16.2. The lowest BCUT2D eigenvalue weighted by molar-refractivity contribution is -0.132. The van der Waals surface area contributed by atoms with Gasteiger partial charge in [-0.25, -0.2) is 4.39 Å². The molecule has 0 bridgehead atoms. The first-order chi connectivity index (χ1) is 14.1. The van der Waals surface area contributed by atoms with Crippen molar-refractivity contribution in [3.63, 3.8) is 0 Å². The molecule has 5 heteroatoms. The molecule has 1 fully saturated rings. The standard InChI is InChI=1S/C24H25FN2O2/c25-21-8-5-17(6-9-21)15-18-11-13-27(14-12-18)23(28)10-7-20-16-19-3-1-2-4-22(19)26-24(20)29/h1-6,8-9,16,18H,7,10-15H2,(H,26,29). The molecule has 1 aliphatic rings. The maximum atomic E-state index is 13.0. The first-order valence-corrected chi connectivity index (χ1v) is 10.2. The van der Waals surface area contributed by atoms with Crippen molar-refractivity contribution in [3.8, 4) is 0 Å². The maximum Gasteiger partial charge on any atom is 0.251 e. The SMILES string of the molecule is O=C(CCc1cc2ccccc2[nH]c1=O)N1CCC(Cc2ccc(F)cc2)CC1. The van der Waals surface area contributed by atoms with E-state index in [1.54, 1.807) is 0 Å². The zero-order chi connectivity index (χ0) is 20.2. The number of aromatic nitrogens is 1. The topological polar surface area (TPSA) is 53.2 Å². The molecule has 2 heterocycles. The van der Waals surface area contributed by atoms with Crippen LogP contribution >= 0.6 is 0 Å². The lowest BCUT2D eigenvalue weighted by Gasteiger charge is -2.32. The van der Waals surface area contributed by atoms with E-state index in [0.717, 1.165) is 48.8 Å². The van der Waals surface area contributed by atoms with Crippen LogP contribution in [0.3, 0.4) is 0 Å². The van der Waals surface area contributed by atoms with Crippen LogP contribution in [0.4, 0.5) is 4.39 Å². The summed E-state index contributed by atoms with van der Waals surface area (Å²) in [6.07, 6.45) is 3.65. The Bertz CT molecular complexity index is 1050. The number of aromatic amines is 1. The van der Waals surface area contributed by atoms with Crippen LogP contribution in [0.15, 0.2) is 59.4 Å². The Kier molecular flexibility index (Phi) is 5.74. The smallest absolute Gasteiger partial charge is 0.251 e. The van der Waals surface area contributed by atoms with Gasteiger partial charge in [0.15, 0.2) is 0 Å². The van der Waals surface area contributed by atoms with E-state index >= 15 is 0 Å². The monoisotopic (exact) mass is 392 g/mol. The minimum Gasteiger partial charge on any atom is -0.343 e. The highest BCUT2D eigenvalue weighted by atomic mass is 19.1. The number of halogens is 1. The molecule has 4 rings (SSSR count). The number of para-hydroxylation sites is 1. The number of likely N-dealkylation sites (tertiary alicyclic amines) is 1. The average Bonchev–Trinajstić information content (AvgIpc) is 2.74. The van der Waals surface area contributed by atoms with Crippen molar-refractivity contribution in [1.29, 1.82) is 0 Å². The van der Waals surface area contributed by atoms with Gasteiger partial charge in [-0.2, -0.15) is 0 Å². The molecule has 150 valence electrons. The molecule has 29 heavy (non-hydrogen) atoms. The third-order valence-corrected chi connectivity index (χ3v) is 5.84. The minimum absolute atomic E-state index is 0.109. The molecule has 0 radical (unpaired) electrons. The highest BCUT2D eigenvalue weighted by Gasteiger charge is 2.23. The molecule has 0 unspecified atom stereocenters. The number of hydrogen-bond acceptors (Lipinski definition) is 2. The second-order valence-electron chi connectivity index (χ2n) is 7.87. The summed E-state index contributed by atoms with van der Waals surface area (Å²) >= 11 is 0. The number of carbonyl (C=O) groups is 1. The van der Waals surface area contributed by atoms with Crippen molar-refractivity contribution in [3.05, 3.63) is 81.9 Å². The molecule has 1 amide bonds. The van der Waals surface area contributed by atoms with Gasteiger partial charge in [0.25, 0.3) is 5.56 Å². The minimum atomic E-state index is -0.209. The normalized spacial score (nSPS) is 15.0. The largest absolute Gasteiger partial charge is 0.343 e. The van der Waals surface area contributed by atoms with Gasteiger partial charge in [-0.15, -0.1) is 0 Å². The van der Waals surface area contributed by atoms with Crippen molar-refractivity contribution in [2.75, 3.05) is 13.1 Å². The number of H-pyrrole nitrogens is 1. The molecule has 1 aliphatic heterocycles. The predicted octanol–water partition coefficient (Wildman–Crippen LogP) is 4.08. The van der Waals surface area contributed by atoms with E-state index in [9.17, 15) is 14.0 Å². The molecular weight excluding hydrogens is 367 g/mol. The zero-order valence-corrected chi connectivity index (χ0v) is 16.4. The third-order valence-electron chi connectivity index (χ3n) is 5.84. The van der Waals surface area contributed by atoms with Gasteiger partial charge in [0.1, 0.15) is 5.82 Å². The summed E-state index contributed by atoms with van der Waals surface area (Å²) in [5, 5.41) is 0.983. The molecule has 0 aliphatic carbocycles. The average molecular weight is 392 g/mol. The van der Waals surface area contributed by atoms with E-state index in [-0.39, 0.29) is 17.3 Å². The van der Waals surface area contributed by atoms with Gasteiger partial charge in [-0.1, -0.05) is 30.3 Å². The summed E-state index contributed by atoms with van der Waals surface area (Å²) in [6.45, 7) is 1.50. The van der Waals surface area contributed by atoms with Crippen molar-refractivity contribution in [1.82, 2.24) is 9.88 Å². The van der Waals surface area contributed by atoms with E-state index in [0.29, 0.717) is 24.3 Å². The van der Waals surface area contributed by atoms with E-state index in [1.807, 2.05) is 47.4 Å². The van der Waals surface area contributed by atoms with Gasteiger partial charge >= 0.3 is 0 Å². The fourth-order valence-corrected chi connectivity index (χ4v) is 4.12. The molecule has 4 nitrogen and oxygen atoms in total. The number of benzene rings is 2. The Morgan fingerprint density at radius 1 is 1.07 bits per heavy atom. The number of pyridine rings is 1. The second kappa shape index (κ2) is 8.60. The van der Waals surface area contributed by atoms with Gasteiger partial charge in [-0.3, -0.25) is 9.59 Å². The van der Waals surface area contributed by atoms with Gasteiger partial charge in [0.2, 0.25) is 5.91 Å². The fraction of sp³-hybridized carbons (Fsp3) is 0.333. The number of amides is 1. The highest BCUT2D eigenvalue weighted by Crippen LogP contribution is 2.22. The first kappa shape index (κ1) is 19.4. The van der Waals surface area contributed by atoms with Crippen LogP contribution in [0.25, 0.3) is 10.9 Å². The molecular formula is C24H25FN2O2. The summed E-state index contributed by atoms with van der Waals surface area (Å²) in [7, 11) is 0. The Morgan fingerprint density at radius 2 is 1.79 bits per heavy atom. The molecule has 1 N–H and O–H groups in total. The Labute approximate surface area is 169 Å². The number of fused-ring (bicyclic) bond motifs is 1. The summed E-state index contributed by atoms with van der Waals surface area (Å²) in [4.78, 5) is 29.7. The Hall–Kier alpha value is -2.95. The van der Waals surface area contributed by atoms with Crippen LogP contribution in [-0.4, -0.2) is 28.9 Å². The molecule has 0 saturated carbocycles. The number of carbonyl (C=O) groups excluding carboxylic acids is 1. The van der Waals surface area contributed by atoms with E-state index in [2.05, 4.69) is 4.98 Å². The van der Waals surface area contributed by atoms with Crippen molar-refractivity contribution in [2.24, 2.45) is 5.92 Å². The number of hydrogen-bond donors (Lipinski definition) is 1. The lowest BCUT2D eigenvalue weighted by atomic mass is 9.90. The zero-order valence-electron chi connectivity index (χ0n) is 16.4. The van der Waals surface area contributed by atoms with E-state index in [1.165, 1.54) is 12.1 Å². The third kappa shape index (κ3) is 4.73. The second-order valence-corrected chi connectivity index (χ2v) is 7.87. The number of rotatable bonds is 5. The summed E-state index contributed by atoms with van der Waals surface area (Å²) in [5.74, 6) is 0.421. The van der Waals surface area contributed by atoms with Crippen LogP contribution in [0.1, 0.15) is 30.4 Å². The van der Waals surface area contributed by atoms with E-state index < -0.39 is 0 Å². The van der Waals surface area contributed by atoms with Crippen LogP contribution < -0.4 is 5.56 Å². The highest BCUT2D eigenvalue weighted by molar-refractivity contribution is 5.79. The molecule has 0 spiro atoms. The number of piperidine rings is 1. The van der Waals surface area contributed by atoms with Crippen molar-refractivity contribution in [2.45, 2.75) is 32.1 Å². The quantitative estimate of drug-likeness (QED) is 0.711. The molecule has 0 atom stereocenters. The van der Waals surface area contributed by atoms with Crippen molar-refractivity contribution < 1.29 is 9.18 Å². The van der Waals surface area contributed by atoms with E-state index in [4.69, 9.17) is 0 Å². The molecule has 3 aromatic rings. The molecule has 1 saturated heterocycles. The number of aryl methyl sites for hydroxylation is 1. The van der Waals surface area contributed by atoms with Crippen LogP contribution in [-0.2, 0) is 17.6 Å². The van der Waals surface area contributed by atoms with Gasteiger partial charge in [-0.05, 0) is 66.8 Å². The van der Waals surface area contributed by atoms with Gasteiger partial charge < -0.3 is 9.88 Å². The number of nitrogens with one attached hydrogen (secondary N) is 1. The van der Waals surface area contributed by atoms with Gasteiger partial charge in [0.05, 0.1) is 0 Å². The Balaban J connectivity index is 1.29. The number of nitrogens with zero attached hydrogens (tertiary/aromatic N) is 1.